The SMILES string of the molecule is FC(F)(F)c1cccc(C=Cc2ccc(S)cc2)c1. The summed E-state index contributed by atoms with van der Waals surface area (Å²) in [7, 11) is 0. The van der Waals surface area contributed by atoms with Crippen molar-refractivity contribution in [2.24, 2.45) is 0 Å². The van der Waals surface area contributed by atoms with Crippen molar-refractivity contribution in [2.45, 2.75) is 11.1 Å². The minimum atomic E-state index is -4.31. The van der Waals surface area contributed by atoms with Crippen LogP contribution in [-0.2, 0) is 6.18 Å². The number of alkyl halides is 3. The summed E-state index contributed by atoms with van der Waals surface area (Å²) in [5.74, 6) is 0. The Morgan fingerprint density at radius 3 is 2.11 bits per heavy atom. The highest BCUT2D eigenvalue weighted by Gasteiger charge is 2.30. The molecule has 2 aromatic rings. The summed E-state index contributed by atoms with van der Waals surface area (Å²) in [5.41, 5.74) is 0.792. The van der Waals surface area contributed by atoms with Gasteiger partial charge in [0.15, 0.2) is 0 Å². The summed E-state index contributed by atoms with van der Waals surface area (Å²) in [6, 6.07) is 12.6. The maximum atomic E-state index is 12.5. The van der Waals surface area contributed by atoms with Gasteiger partial charge >= 0.3 is 6.18 Å². The molecule has 98 valence electrons. The Bertz CT molecular complexity index is 583. The van der Waals surface area contributed by atoms with E-state index >= 15 is 0 Å². The molecule has 0 unspecified atom stereocenters. The van der Waals surface area contributed by atoms with Crippen LogP contribution in [0.25, 0.3) is 12.2 Å². The van der Waals surface area contributed by atoms with E-state index in [4.69, 9.17) is 0 Å². The lowest BCUT2D eigenvalue weighted by Gasteiger charge is -2.06. The third-order valence-electron chi connectivity index (χ3n) is 2.58. The normalized spacial score (nSPS) is 12.0. The Labute approximate surface area is 115 Å². The first-order chi connectivity index (χ1) is 8.95. The van der Waals surface area contributed by atoms with E-state index < -0.39 is 11.7 Å². The summed E-state index contributed by atoms with van der Waals surface area (Å²) in [6.45, 7) is 0. The predicted molar refractivity (Wildman–Crippen MR) is 74.1 cm³/mol. The number of hydrogen-bond acceptors (Lipinski definition) is 1. The molecule has 0 spiro atoms. The lowest BCUT2D eigenvalue weighted by Crippen LogP contribution is -2.04. The zero-order chi connectivity index (χ0) is 13.9. The molecule has 2 rings (SSSR count). The van der Waals surface area contributed by atoms with Crippen LogP contribution in [0, 0.1) is 0 Å². The number of halogens is 3. The first-order valence-corrected chi connectivity index (χ1v) is 6.04. The fourth-order valence-corrected chi connectivity index (χ4v) is 1.75. The van der Waals surface area contributed by atoms with Crippen LogP contribution in [0.15, 0.2) is 53.4 Å². The molecule has 0 fully saturated rings. The van der Waals surface area contributed by atoms with Gasteiger partial charge in [-0.2, -0.15) is 13.2 Å². The maximum Gasteiger partial charge on any atom is 0.416 e. The van der Waals surface area contributed by atoms with Gasteiger partial charge in [0.05, 0.1) is 5.56 Å². The van der Waals surface area contributed by atoms with Crippen molar-refractivity contribution in [1.82, 2.24) is 0 Å². The Kier molecular flexibility index (Phi) is 4.00. The Morgan fingerprint density at radius 1 is 0.842 bits per heavy atom. The first kappa shape index (κ1) is 13.7. The predicted octanol–water partition coefficient (Wildman–Crippen LogP) is 5.16. The summed E-state index contributed by atoms with van der Waals surface area (Å²) in [4.78, 5) is 0.844. The van der Waals surface area contributed by atoms with Gasteiger partial charge in [0.25, 0.3) is 0 Å². The molecule has 0 N–H and O–H groups in total. The maximum absolute atomic E-state index is 12.5. The smallest absolute Gasteiger partial charge is 0.166 e. The van der Waals surface area contributed by atoms with E-state index in [0.29, 0.717) is 5.56 Å². The molecule has 0 atom stereocenters. The first-order valence-electron chi connectivity index (χ1n) is 5.59. The van der Waals surface area contributed by atoms with Crippen LogP contribution in [0.5, 0.6) is 0 Å². The largest absolute Gasteiger partial charge is 0.416 e. The highest BCUT2D eigenvalue weighted by Crippen LogP contribution is 2.29. The number of benzene rings is 2. The molecule has 0 aromatic heterocycles. The van der Waals surface area contributed by atoms with Crippen LogP contribution < -0.4 is 0 Å². The molecule has 0 aliphatic carbocycles. The minimum Gasteiger partial charge on any atom is -0.166 e. The molecule has 0 heterocycles. The lowest BCUT2D eigenvalue weighted by molar-refractivity contribution is -0.137. The highest BCUT2D eigenvalue weighted by molar-refractivity contribution is 7.80. The van der Waals surface area contributed by atoms with Crippen molar-refractivity contribution in [2.75, 3.05) is 0 Å². The fourth-order valence-electron chi connectivity index (χ4n) is 1.60. The Balaban J connectivity index is 2.21. The molecule has 4 heteroatoms. The third-order valence-corrected chi connectivity index (χ3v) is 2.87. The second kappa shape index (κ2) is 5.53. The van der Waals surface area contributed by atoms with Crippen LogP contribution in [0.3, 0.4) is 0 Å². The van der Waals surface area contributed by atoms with Gasteiger partial charge in [-0.15, -0.1) is 12.6 Å². The number of thiol groups is 1. The average Bonchev–Trinajstić information content (AvgIpc) is 2.37. The monoisotopic (exact) mass is 280 g/mol. The van der Waals surface area contributed by atoms with Gasteiger partial charge in [0.2, 0.25) is 0 Å². The van der Waals surface area contributed by atoms with Crippen molar-refractivity contribution in [1.29, 1.82) is 0 Å². The quantitative estimate of drug-likeness (QED) is 0.570. The Hall–Kier alpha value is -1.68. The molecule has 2 aromatic carbocycles. The van der Waals surface area contributed by atoms with Gasteiger partial charge in [0, 0.05) is 4.90 Å². The molecule has 0 amide bonds. The molecule has 0 aliphatic heterocycles. The van der Waals surface area contributed by atoms with Gasteiger partial charge in [-0.25, -0.2) is 0 Å². The van der Waals surface area contributed by atoms with E-state index in [0.717, 1.165) is 22.6 Å². The number of hydrogen-bond donors (Lipinski definition) is 1. The molecular formula is C15H11F3S. The molecule has 0 saturated heterocycles. The zero-order valence-corrected chi connectivity index (χ0v) is 10.7. The van der Waals surface area contributed by atoms with E-state index in [-0.39, 0.29) is 0 Å². The number of rotatable bonds is 2. The lowest BCUT2D eigenvalue weighted by atomic mass is 10.1. The molecular weight excluding hydrogens is 269 g/mol. The van der Waals surface area contributed by atoms with Crippen molar-refractivity contribution in [3.63, 3.8) is 0 Å². The van der Waals surface area contributed by atoms with Crippen molar-refractivity contribution in [3.8, 4) is 0 Å². The zero-order valence-electron chi connectivity index (χ0n) is 9.85. The van der Waals surface area contributed by atoms with Gasteiger partial charge in [-0.1, -0.05) is 36.4 Å². The second-order valence-corrected chi connectivity index (χ2v) is 4.56. The molecule has 0 saturated carbocycles. The van der Waals surface area contributed by atoms with Gasteiger partial charge < -0.3 is 0 Å². The van der Waals surface area contributed by atoms with Crippen molar-refractivity contribution >= 4 is 24.8 Å². The van der Waals surface area contributed by atoms with E-state index in [1.165, 1.54) is 6.07 Å². The fraction of sp³-hybridized carbons (Fsp3) is 0.0667. The van der Waals surface area contributed by atoms with E-state index in [1.807, 2.05) is 24.3 Å². The summed E-state index contributed by atoms with van der Waals surface area (Å²) >= 11 is 4.17. The van der Waals surface area contributed by atoms with Gasteiger partial charge in [-0.3, -0.25) is 0 Å². The molecule has 0 radical (unpaired) electrons. The third kappa shape index (κ3) is 3.89. The van der Waals surface area contributed by atoms with Crippen LogP contribution in [0.4, 0.5) is 13.2 Å². The van der Waals surface area contributed by atoms with Gasteiger partial charge in [0.1, 0.15) is 0 Å². The summed E-state index contributed by atoms with van der Waals surface area (Å²) < 4.78 is 37.6. The topological polar surface area (TPSA) is 0 Å². The van der Waals surface area contributed by atoms with Crippen LogP contribution in [-0.4, -0.2) is 0 Å². The summed E-state index contributed by atoms with van der Waals surface area (Å²) in [5, 5.41) is 0. The van der Waals surface area contributed by atoms with Crippen molar-refractivity contribution < 1.29 is 13.2 Å². The van der Waals surface area contributed by atoms with Gasteiger partial charge in [-0.05, 0) is 35.4 Å². The molecule has 0 nitrogen and oxygen atoms in total. The molecule has 0 aliphatic rings. The van der Waals surface area contributed by atoms with Crippen LogP contribution in [0.2, 0.25) is 0 Å². The van der Waals surface area contributed by atoms with Crippen LogP contribution in [0.1, 0.15) is 16.7 Å². The van der Waals surface area contributed by atoms with E-state index in [2.05, 4.69) is 12.6 Å². The Morgan fingerprint density at radius 2 is 1.47 bits per heavy atom. The highest BCUT2D eigenvalue weighted by atomic mass is 32.1. The standard InChI is InChI=1S/C15H11F3S/c16-15(17,18)13-3-1-2-12(10-13)5-4-11-6-8-14(19)9-7-11/h1-10,19H. The molecule has 0 bridgehead atoms. The van der Waals surface area contributed by atoms with E-state index in [9.17, 15) is 13.2 Å². The second-order valence-electron chi connectivity index (χ2n) is 4.05. The van der Waals surface area contributed by atoms with E-state index in [1.54, 1.807) is 18.2 Å². The minimum absolute atomic E-state index is 0.518. The molecule has 19 heavy (non-hydrogen) atoms. The summed E-state index contributed by atoms with van der Waals surface area (Å²) in [6.07, 6.45) is -0.886. The average molecular weight is 280 g/mol. The van der Waals surface area contributed by atoms with Crippen molar-refractivity contribution in [3.05, 3.63) is 65.2 Å². The van der Waals surface area contributed by atoms with Crippen LogP contribution >= 0.6 is 12.6 Å².